The van der Waals surface area contributed by atoms with E-state index in [1.165, 1.54) is 12.7 Å². The monoisotopic (exact) mass is 449 g/mol. The summed E-state index contributed by atoms with van der Waals surface area (Å²) in [5, 5.41) is 6.29. The first-order valence-corrected chi connectivity index (χ1v) is 7.78. The van der Waals surface area contributed by atoms with Gasteiger partial charge in [-0.25, -0.2) is 0 Å². The molecule has 1 rings (SSSR count). The lowest BCUT2D eigenvalue weighted by atomic mass is 10.2. The number of guanidine groups is 1. The van der Waals surface area contributed by atoms with Gasteiger partial charge in [0.1, 0.15) is 0 Å². The number of halogens is 1. The van der Waals surface area contributed by atoms with Crippen molar-refractivity contribution < 1.29 is 14.3 Å². The molecule has 1 unspecified atom stereocenters. The second kappa shape index (κ2) is 14.0. The fourth-order valence-electron chi connectivity index (χ4n) is 1.89. The summed E-state index contributed by atoms with van der Waals surface area (Å²) in [6.45, 7) is 4.63. The van der Waals surface area contributed by atoms with Crippen molar-refractivity contribution in [1.82, 2.24) is 10.6 Å². The van der Waals surface area contributed by atoms with Crippen LogP contribution in [-0.2, 0) is 20.9 Å². The highest BCUT2D eigenvalue weighted by Gasteiger charge is 2.05. The van der Waals surface area contributed by atoms with Crippen LogP contribution in [0.3, 0.4) is 0 Å². The summed E-state index contributed by atoms with van der Waals surface area (Å²) in [5.74, 6) is 0.775. The van der Waals surface area contributed by atoms with E-state index in [-0.39, 0.29) is 29.9 Å². The summed E-state index contributed by atoms with van der Waals surface area (Å²) in [7, 11) is 3.08. The van der Waals surface area contributed by atoms with Gasteiger partial charge >= 0.3 is 5.97 Å². The van der Waals surface area contributed by atoms with Gasteiger partial charge in [-0.2, -0.15) is 0 Å². The molecule has 1 aromatic rings. The molecule has 0 aliphatic rings. The molecule has 0 saturated carbocycles. The Hall–Kier alpha value is -1.35. The van der Waals surface area contributed by atoms with Crippen LogP contribution >= 0.6 is 24.0 Å². The number of aliphatic imine (C=N–C) groups is 1. The number of carbonyl (C=O) groups is 1. The van der Waals surface area contributed by atoms with Crippen molar-refractivity contribution >= 4 is 35.9 Å². The van der Waals surface area contributed by atoms with Gasteiger partial charge in [0.15, 0.2) is 5.96 Å². The van der Waals surface area contributed by atoms with Gasteiger partial charge in [-0.15, -0.1) is 24.0 Å². The average molecular weight is 449 g/mol. The molecule has 0 heterocycles. The van der Waals surface area contributed by atoms with Gasteiger partial charge in [-0.05, 0) is 11.5 Å². The van der Waals surface area contributed by atoms with Gasteiger partial charge in [-0.1, -0.05) is 37.3 Å². The van der Waals surface area contributed by atoms with Crippen LogP contribution in [0, 0.1) is 5.92 Å². The number of methoxy groups -OCH3 is 1. The van der Waals surface area contributed by atoms with Crippen molar-refractivity contribution in [3.63, 3.8) is 0 Å². The Morgan fingerprint density at radius 3 is 2.58 bits per heavy atom. The van der Waals surface area contributed by atoms with E-state index in [4.69, 9.17) is 4.74 Å². The first-order chi connectivity index (χ1) is 11.2. The topological polar surface area (TPSA) is 72.0 Å². The maximum Gasteiger partial charge on any atom is 0.307 e. The second-order valence-electron chi connectivity index (χ2n) is 5.31. The Bertz CT molecular complexity index is 483. The van der Waals surface area contributed by atoms with Gasteiger partial charge in [0.2, 0.25) is 0 Å². The summed E-state index contributed by atoms with van der Waals surface area (Å²) in [6.07, 6.45) is 0.312. The van der Waals surface area contributed by atoms with E-state index in [1.54, 1.807) is 7.05 Å². The zero-order valence-corrected chi connectivity index (χ0v) is 16.9. The number of nitrogens with one attached hydrogen (secondary N) is 2. The summed E-state index contributed by atoms with van der Waals surface area (Å²) in [4.78, 5) is 15.2. The minimum Gasteiger partial charge on any atom is -0.469 e. The molecule has 0 aliphatic heterocycles. The fraction of sp³-hybridized carbons (Fsp3) is 0.529. The number of esters is 1. The van der Waals surface area contributed by atoms with Gasteiger partial charge in [0, 0.05) is 20.1 Å². The number of hydrogen-bond donors (Lipinski definition) is 2. The predicted octanol–water partition coefficient (Wildman–Crippen LogP) is 2.19. The maximum atomic E-state index is 11.0. The van der Waals surface area contributed by atoms with Crippen LogP contribution < -0.4 is 10.6 Å². The summed E-state index contributed by atoms with van der Waals surface area (Å²) in [5.41, 5.74) is 1.17. The fourth-order valence-corrected chi connectivity index (χ4v) is 1.89. The van der Waals surface area contributed by atoms with Crippen LogP contribution in [0.2, 0.25) is 0 Å². The predicted molar refractivity (Wildman–Crippen MR) is 107 cm³/mol. The minimum absolute atomic E-state index is 0. The summed E-state index contributed by atoms with van der Waals surface area (Å²) >= 11 is 0. The second-order valence-corrected chi connectivity index (χ2v) is 5.31. The van der Waals surface area contributed by atoms with Crippen LogP contribution in [-0.4, -0.2) is 45.8 Å². The lowest BCUT2D eigenvalue weighted by Gasteiger charge is -2.16. The lowest BCUT2D eigenvalue weighted by Crippen LogP contribution is -2.40. The Balaban J connectivity index is 0.00000529. The van der Waals surface area contributed by atoms with Gasteiger partial charge in [0.25, 0.3) is 0 Å². The molecule has 0 spiro atoms. The van der Waals surface area contributed by atoms with Crippen LogP contribution in [0.5, 0.6) is 0 Å². The number of carbonyl (C=O) groups excluding carboxylic acids is 1. The molecule has 1 aromatic carbocycles. The largest absolute Gasteiger partial charge is 0.469 e. The summed E-state index contributed by atoms with van der Waals surface area (Å²) in [6, 6.07) is 10.1. The first kappa shape index (κ1) is 22.6. The minimum atomic E-state index is -0.240. The average Bonchev–Trinajstić information content (AvgIpc) is 2.58. The van der Waals surface area contributed by atoms with E-state index in [0.29, 0.717) is 38.1 Å². The third kappa shape index (κ3) is 10.4. The molecule has 0 aromatic heterocycles. The van der Waals surface area contributed by atoms with Crippen molar-refractivity contribution in [1.29, 1.82) is 0 Å². The number of nitrogens with zero attached hydrogens (tertiary/aromatic N) is 1. The highest BCUT2D eigenvalue weighted by Crippen LogP contribution is 2.02. The van der Waals surface area contributed by atoms with E-state index in [9.17, 15) is 4.79 Å². The zero-order valence-electron chi connectivity index (χ0n) is 14.6. The molecule has 0 aliphatic carbocycles. The molecular formula is C17H28IN3O3. The molecule has 7 heteroatoms. The smallest absolute Gasteiger partial charge is 0.307 e. The van der Waals surface area contributed by atoms with Crippen LogP contribution in [0.4, 0.5) is 0 Å². The molecule has 24 heavy (non-hydrogen) atoms. The molecular weight excluding hydrogens is 421 g/mol. The SMILES string of the molecule is CN=C(NCCC(=O)OC)NCC(C)COCc1ccccc1.I. The van der Waals surface area contributed by atoms with E-state index in [0.717, 1.165) is 6.54 Å². The van der Waals surface area contributed by atoms with Crippen LogP contribution in [0.15, 0.2) is 35.3 Å². The van der Waals surface area contributed by atoms with Gasteiger partial charge in [0.05, 0.1) is 26.7 Å². The Labute approximate surface area is 161 Å². The Morgan fingerprint density at radius 2 is 1.96 bits per heavy atom. The Kier molecular flexibility index (Phi) is 13.2. The molecule has 2 N–H and O–H groups in total. The van der Waals surface area contributed by atoms with Gasteiger partial charge in [-0.3, -0.25) is 9.79 Å². The molecule has 0 bridgehead atoms. The molecule has 1 atom stereocenters. The standard InChI is InChI=1S/C17H27N3O3.HI/c1-14(12-23-13-15-7-5-4-6-8-15)11-20-17(18-2)19-10-9-16(21)22-3;/h4-8,14H,9-13H2,1-3H3,(H2,18,19,20);1H. The normalized spacial score (nSPS) is 12.0. The highest BCUT2D eigenvalue weighted by molar-refractivity contribution is 14.0. The van der Waals surface area contributed by atoms with Gasteiger partial charge < -0.3 is 20.1 Å². The third-order valence-corrected chi connectivity index (χ3v) is 3.20. The van der Waals surface area contributed by atoms with Crippen molar-refractivity contribution in [2.75, 3.05) is 33.9 Å². The maximum absolute atomic E-state index is 11.0. The Morgan fingerprint density at radius 1 is 1.25 bits per heavy atom. The van der Waals surface area contributed by atoms with Crippen molar-refractivity contribution in [2.45, 2.75) is 20.0 Å². The van der Waals surface area contributed by atoms with E-state index >= 15 is 0 Å². The molecule has 136 valence electrons. The number of hydrogen-bond acceptors (Lipinski definition) is 4. The molecule has 0 amide bonds. The van der Waals surface area contributed by atoms with E-state index in [1.807, 2.05) is 18.2 Å². The van der Waals surface area contributed by atoms with Crippen LogP contribution in [0.25, 0.3) is 0 Å². The molecule has 0 radical (unpaired) electrons. The van der Waals surface area contributed by atoms with E-state index < -0.39 is 0 Å². The molecule has 6 nitrogen and oxygen atoms in total. The molecule has 0 saturated heterocycles. The summed E-state index contributed by atoms with van der Waals surface area (Å²) < 4.78 is 10.3. The highest BCUT2D eigenvalue weighted by atomic mass is 127. The number of rotatable bonds is 9. The van der Waals surface area contributed by atoms with Crippen molar-refractivity contribution in [2.24, 2.45) is 10.9 Å². The third-order valence-electron chi connectivity index (χ3n) is 3.20. The van der Waals surface area contributed by atoms with E-state index in [2.05, 4.69) is 39.4 Å². The quantitative estimate of drug-likeness (QED) is 0.262. The zero-order chi connectivity index (χ0) is 16.9. The lowest BCUT2D eigenvalue weighted by molar-refractivity contribution is -0.140. The van der Waals surface area contributed by atoms with Crippen molar-refractivity contribution in [3.8, 4) is 0 Å². The number of benzene rings is 1. The molecule has 0 fully saturated rings. The first-order valence-electron chi connectivity index (χ1n) is 7.78. The number of ether oxygens (including phenoxy) is 2. The van der Waals surface area contributed by atoms with Crippen LogP contribution in [0.1, 0.15) is 18.9 Å². The van der Waals surface area contributed by atoms with Crippen molar-refractivity contribution in [3.05, 3.63) is 35.9 Å².